The zero-order chi connectivity index (χ0) is 13.6. The molecule has 0 aromatic heterocycles. The predicted molar refractivity (Wildman–Crippen MR) is 73.3 cm³/mol. The molecule has 100 valence electrons. The fourth-order valence-corrected chi connectivity index (χ4v) is 3.37. The second-order valence-electron chi connectivity index (χ2n) is 5.82. The number of benzene rings is 1. The van der Waals surface area contributed by atoms with E-state index in [9.17, 15) is 4.79 Å². The van der Waals surface area contributed by atoms with Gasteiger partial charge in [0.25, 0.3) is 5.91 Å². The number of rotatable bonds is 2. The Bertz CT molecular complexity index is 563. The van der Waals surface area contributed by atoms with E-state index >= 15 is 0 Å². The van der Waals surface area contributed by atoms with Gasteiger partial charge in [-0.1, -0.05) is 26.0 Å². The van der Waals surface area contributed by atoms with Crippen LogP contribution in [0, 0.1) is 11.3 Å². The smallest absolute Gasteiger partial charge is 0.251 e. The van der Waals surface area contributed by atoms with Crippen LogP contribution in [0.4, 0.5) is 0 Å². The van der Waals surface area contributed by atoms with Gasteiger partial charge in [0.05, 0.1) is 18.9 Å². The van der Waals surface area contributed by atoms with Crippen molar-refractivity contribution in [3.05, 3.63) is 29.3 Å². The van der Waals surface area contributed by atoms with Crippen molar-refractivity contribution in [3.63, 3.8) is 0 Å². The lowest BCUT2D eigenvalue weighted by atomic mass is 9.96. The zero-order valence-corrected chi connectivity index (χ0v) is 11.2. The standard InChI is InChI=1S/C15H18N2O2/c1-15(2)12(13(15)14(18)17-8-16)10-4-3-5-11-9(10)6-7-19-11/h3-5,8,12-13H,6-7H2,1-2H3,(H2,16,17,18). The molecule has 0 spiro atoms. The fourth-order valence-electron chi connectivity index (χ4n) is 3.37. The highest BCUT2D eigenvalue weighted by Crippen LogP contribution is 2.65. The summed E-state index contributed by atoms with van der Waals surface area (Å²) >= 11 is 0. The van der Waals surface area contributed by atoms with Crippen LogP contribution in [0.1, 0.15) is 30.9 Å². The summed E-state index contributed by atoms with van der Waals surface area (Å²) in [7, 11) is 0. The highest BCUT2D eigenvalue weighted by molar-refractivity contribution is 5.90. The van der Waals surface area contributed by atoms with Crippen molar-refractivity contribution >= 4 is 12.2 Å². The van der Waals surface area contributed by atoms with E-state index < -0.39 is 0 Å². The summed E-state index contributed by atoms with van der Waals surface area (Å²) in [5.74, 6) is 1.00. The van der Waals surface area contributed by atoms with E-state index in [0.717, 1.165) is 25.1 Å². The molecule has 0 bridgehead atoms. The van der Waals surface area contributed by atoms with E-state index in [2.05, 4.69) is 24.9 Å². The largest absolute Gasteiger partial charge is 0.493 e. The number of ether oxygens (including phenoxy) is 1. The molecule has 2 unspecified atom stereocenters. The average molecular weight is 258 g/mol. The lowest BCUT2D eigenvalue weighted by Gasteiger charge is -2.07. The number of hydrogen-bond donors (Lipinski definition) is 1. The van der Waals surface area contributed by atoms with Crippen molar-refractivity contribution in [3.8, 4) is 5.75 Å². The Morgan fingerprint density at radius 2 is 2.32 bits per heavy atom. The van der Waals surface area contributed by atoms with Gasteiger partial charge in [0.1, 0.15) is 5.75 Å². The topological polar surface area (TPSA) is 64.7 Å². The van der Waals surface area contributed by atoms with E-state index in [1.807, 2.05) is 12.1 Å². The third kappa shape index (κ3) is 1.74. The molecule has 0 radical (unpaired) electrons. The quantitative estimate of drug-likeness (QED) is 0.650. The summed E-state index contributed by atoms with van der Waals surface area (Å²) in [5.41, 5.74) is 7.67. The first kappa shape index (κ1) is 12.2. The first-order valence-corrected chi connectivity index (χ1v) is 6.60. The van der Waals surface area contributed by atoms with Gasteiger partial charge in [-0.25, -0.2) is 4.99 Å². The van der Waals surface area contributed by atoms with Crippen LogP contribution in [0.15, 0.2) is 23.2 Å². The van der Waals surface area contributed by atoms with Crippen LogP contribution in [-0.2, 0) is 11.2 Å². The highest BCUT2D eigenvalue weighted by atomic mass is 16.5. The van der Waals surface area contributed by atoms with Gasteiger partial charge in [0, 0.05) is 17.9 Å². The molecule has 1 saturated carbocycles. The van der Waals surface area contributed by atoms with Gasteiger partial charge < -0.3 is 10.5 Å². The Hall–Kier alpha value is -1.84. The van der Waals surface area contributed by atoms with Gasteiger partial charge in [-0.3, -0.25) is 4.79 Å². The molecule has 1 aromatic carbocycles. The molecule has 1 aromatic rings. The molecule has 2 N–H and O–H groups in total. The number of nitrogens with two attached hydrogens (primary N) is 1. The van der Waals surface area contributed by atoms with Gasteiger partial charge in [-0.2, -0.15) is 0 Å². The minimum Gasteiger partial charge on any atom is -0.493 e. The molecular formula is C15H18N2O2. The first-order valence-electron chi connectivity index (χ1n) is 6.60. The predicted octanol–water partition coefficient (Wildman–Crippen LogP) is 1.87. The summed E-state index contributed by atoms with van der Waals surface area (Å²) in [6.07, 6.45) is 2.02. The molecule has 1 heterocycles. The third-order valence-electron chi connectivity index (χ3n) is 4.41. The SMILES string of the molecule is CC1(C)C(C(=O)N=CN)C1c1cccc2c1CCO2. The molecule has 1 amide bonds. The number of carbonyl (C=O) groups is 1. The van der Waals surface area contributed by atoms with E-state index in [-0.39, 0.29) is 23.2 Å². The Morgan fingerprint density at radius 3 is 3.05 bits per heavy atom. The molecule has 1 fully saturated rings. The van der Waals surface area contributed by atoms with Gasteiger partial charge >= 0.3 is 0 Å². The molecule has 0 saturated heterocycles. The third-order valence-corrected chi connectivity index (χ3v) is 4.41. The molecule has 1 aliphatic heterocycles. The van der Waals surface area contributed by atoms with Gasteiger partial charge in [-0.15, -0.1) is 0 Å². The highest BCUT2D eigenvalue weighted by Gasteiger charge is 2.62. The molecule has 2 atom stereocenters. The summed E-state index contributed by atoms with van der Waals surface area (Å²) in [4.78, 5) is 15.7. The molecule has 4 nitrogen and oxygen atoms in total. The van der Waals surface area contributed by atoms with Crippen molar-refractivity contribution in [2.45, 2.75) is 26.2 Å². The lowest BCUT2D eigenvalue weighted by Crippen LogP contribution is -2.05. The number of aliphatic imine (C=N–C) groups is 1. The average Bonchev–Trinajstić information content (AvgIpc) is 2.75. The maximum atomic E-state index is 12.0. The Morgan fingerprint density at radius 1 is 1.53 bits per heavy atom. The summed E-state index contributed by atoms with van der Waals surface area (Å²) in [5, 5.41) is 0. The van der Waals surface area contributed by atoms with Crippen LogP contribution in [0.2, 0.25) is 0 Å². The molecular weight excluding hydrogens is 240 g/mol. The van der Waals surface area contributed by atoms with Crippen LogP contribution in [0.5, 0.6) is 5.75 Å². The first-order chi connectivity index (χ1) is 9.07. The number of hydrogen-bond acceptors (Lipinski definition) is 2. The van der Waals surface area contributed by atoms with E-state index in [1.54, 1.807) is 0 Å². The number of nitrogens with zero attached hydrogens (tertiary/aromatic N) is 1. The summed E-state index contributed by atoms with van der Waals surface area (Å²) in [6.45, 7) is 4.96. The van der Waals surface area contributed by atoms with Crippen molar-refractivity contribution in [2.24, 2.45) is 22.1 Å². The maximum absolute atomic E-state index is 12.0. The number of carbonyl (C=O) groups excluding carboxylic acids is 1. The van der Waals surface area contributed by atoms with Crippen LogP contribution in [-0.4, -0.2) is 18.9 Å². The van der Waals surface area contributed by atoms with Gasteiger partial charge in [0.15, 0.2) is 0 Å². The summed E-state index contributed by atoms with van der Waals surface area (Å²) in [6, 6.07) is 6.11. The Labute approximate surface area is 112 Å². The van der Waals surface area contributed by atoms with Crippen molar-refractivity contribution in [2.75, 3.05) is 6.61 Å². The van der Waals surface area contributed by atoms with Crippen LogP contribution in [0.25, 0.3) is 0 Å². The summed E-state index contributed by atoms with van der Waals surface area (Å²) < 4.78 is 5.59. The van der Waals surface area contributed by atoms with E-state index in [0.29, 0.717) is 0 Å². The Kier molecular flexibility index (Phi) is 2.62. The van der Waals surface area contributed by atoms with E-state index in [4.69, 9.17) is 10.5 Å². The minimum atomic E-state index is -0.117. The van der Waals surface area contributed by atoms with Crippen LogP contribution < -0.4 is 10.5 Å². The van der Waals surface area contributed by atoms with Crippen LogP contribution >= 0.6 is 0 Å². The van der Waals surface area contributed by atoms with Crippen LogP contribution in [0.3, 0.4) is 0 Å². The second kappa shape index (κ2) is 4.08. The van der Waals surface area contributed by atoms with Crippen molar-refractivity contribution in [1.29, 1.82) is 0 Å². The zero-order valence-electron chi connectivity index (χ0n) is 11.2. The monoisotopic (exact) mass is 258 g/mol. The molecule has 4 heteroatoms. The van der Waals surface area contributed by atoms with Gasteiger partial charge in [-0.05, 0) is 17.0 Å². The molecule has 3 rings (SSSR count). The minimum absolute atomic E-state index is 0.0543. The fraction of sp³-hybridized carbons (Fsp3) is 0.467. The molecule has 2 aliphatic rings. The van der Waals surface area contributed by atoms with E-state index in [1.165, 1.54) is 11.1 Å². The number of amides is 1. The molecule has 1 aliphatic carbocycles. The second-order valence-corrected chi connectivity index (χ2v) is 5.82. The normalized spacial score (nSPS) is 27.1. The van der Waals surface area contributed by atoms with Gasteiger partial charge in [0.2, 0.25) is 0 Å². The number of fused-ring (bicyclic) bond motifs is 1. The Balaban J connectivity index is 1.96. The van der Waals surface area contributed by atoms with Crippen molar-refractivity contribution < 1.29 is 9.53 Å². The van der Waals surface area contributed by atoms with Crippen molar-refractivity contribution in [1.82, 2.24) is 0 Å². The molecule has 19 heavy (non-hydrogen) atoms. The lowest BCUT2D eigenvalue weighted by molar-refractivity contribution is -0.119. The maximum Gasteiger partial charge on any atom is 0.251 e.